The van der Waals surface area contributed by atoms with Gasteiger partial charge in [0.25, 0.3) is 0 Å². The number of carboxylic acids is 1. The van der Waals surface area contributed by atoms with E-state index in [4.69, 9.17) is 9.52 Å². The molecule has 1 fully saturated rings. The maximum Gasteiger partial charge on any atom is 0.371 e. The van der Waals surface area contributed by atoms with Crippen LogP contribution in [0.4, 0.5) is 4.79 Å². The Hall–Kier alpha value is -2.02. The molecule has 0 spiro atoms. The first kappa shape index (κ1) is 14.4. The quantitative estimate of drug-likeness (QED) is 0.761. The Balaban J connectivity index is 1.82. The molecular formula is C13H19N3O4. The van der Waals surface area contributed by atoms with Gasteiger partial charge in [0.2, 0.25) is 5.76 Å². The summed E-state index contributed by atoms with van der Waals surface area (Å²) in [5, 5.41) is 14.7. The molecule has 1 saturated heterocycles. The number of carboxylic acid groups (broad SMARTS) is 1. The van der Waals surface area contributed by atoms with Crippen LogP contribution >= 0.6 is 0 Å². The summed E-state index contributed by atoms with van der Waals surface area (Å²) in [5.74, 6) is -0.815. The van der Waals surface area contributed by atoms with Crippen molar-refractivity contribution in [2.24, 2.45) is 0 Å². The van der Waals surface area contributed by atoms with Gasteiger partial charge in [-0.25, -0.2) is 9.59 Å². The fourth-order valence-corrected chi connectivity index (χ4v) is 2.24. The van der Waals surface area contributed by atoms with Crippen molar-refractivity contribution in [1.29, 1.82) is 0 Å². The van der Waals surface area contributed by atoms with Crippen LogP contribution in [0.15, 0.2) is 16.5 Å². The summed E-state index contributed by atoms with van der Waals surface area (Å²) in [6.07, 6.45) is 1.88. The third-order valence-electron chi connectivity index (χ3n) is 3.46. The number of carbonyl (C=O) groups excluding carboxylic acids is 1. The lowest BCUT2D eigenvalue weighted by Gasteiger charge is -2.31. The summed E-state index contributed by atoms with van der Waals surface area (Å²) in [5.41, 5.74) is 0. The maximum absolute atomic E-state index is 12.0. The van der Waals surface area contributed by atoms with Gasteiger partial charge in [0.1, 0.15) is 5.76 Å². The molecule has 7 nitrogen and oxygen atoms in total. The number of carbonyl (C=O) groups is 2. The fraction of sp³-hybridized carbons (Fsp3) is 0.538. The van der Waals surface area contributed by atoms with Gasteiger partial charge in [-0.05, 0) is 38.1 Å². The molecule has 110 valence electrons. The minimum Gasteiger partial charge on any atom is -0.475 e. The fourth-order valence-electron chi connectivity index (χ4n) is 2.24. The number of piperidine rings is 1. The minimum atomic E-state index is -1.12. The molecule has 20 heavy (non-hydrogen) atoms. The maximum atomic E-state index is 12.0. The summed E-state index contributed by atoms with van der Waals surface area (Å²) in [6, 6.07) is 2.99. The zero-order valence-electron chi connectivity index (χ0n) is 11.4. The molecule has 0 unspecified atom stereocenters. The van der Waals surface area contributed by atoms with E-state index in [2.05, 4.69) is 10.6 Å². The molecule has 7 heteroatoms. The Morgan fingerprint density at radius 3 is 2.75 bits per heavy atom. The second-order valence-electron chi connectivity index (χ2n) is 4.82. The van der Waals surface area contributed by atoms with Crippen molar-refractivity contribution in [1.82, 2.24) is 15.5 Å². The molecule has 0 atom stereocenters. The lowest BCUT2D eigenvalue weighted by atomic mass is 10.1. The van der Waals surface area contributed by atoms with Gasteiger partial charge in [-0.15, -0.1) is 0 Å². The standard InChI is InChI=1S/C13H19N3O4/c1-16(9-4-6-14-7-5-9)13(19)15-8-10-2-3-11(20-10)12(17)18/h2-3,9,14H,4-8H2,1H3,(H,15,19)(H,17,18). The smallest absolute Gasteiger partial charge is 0.371 e. The molecule has 2 heterocycles. The van der Waals surface area contributed by atoms with Gasteiger partial charge in [-0.3, -0.25) is 0 Å². The highest BCUT2D eigenvalue weighted by molar-refractivity contribution is 5.84. The number of rotatable bonds is 4. The van der Waals surface area contributed by atoms with Crippen LogP contribution in [0.2, 0.25) is 0 Å². The molecule has 0 aliphatic carbocycles. The Morgan fingerprint density at radius 2 is 2.15 bits per heavy atom. The third kappa shape index (κ3) is 3.51. The van der Waals surface area contributed by atoms with Crippen LogP contribution in [0.3, 0.4) is 0 Å². The predicted octanol–water partition coefficient (Wildman–Crippen LogP) is 0.871. The highest BCUT2D eigenvalue weighted by atomic mass is 16.4. The number of nitrogens with one attached hydrogen (secondary N) is 2. The SMILES string of the molecule is CN(C(=O)NCc1ccc(C(=O)O)o1)C1CCNCC1. The molecule has 0 bridgehead atoms. The van der Waals surface area contributed by atoms with Crippen LogP contribution in [0.25, 0.3) is 0 Å². The zero-order chi connectivity index (χ0) is 14.5. The van der Waals surface area contributed by atoms with Gasteiger partial charge in [0.05, 0.1) is 6.54 Å². The van der Waals surface area contributed by atoms with E-state index in [1.165, 1.54) is 6.07 Å². The summed E-state index contributed by atoms with van der Waals surface area (Å²) in [7, 11) is 1.77. The van der Waals surface area contributed by atoms with Gasteiger partial charge in [-0.1, -0.05) is 0 Å². The molecule has 1 aromatic heterocycles. The lowest BCUT2D eigenvalue weighted by molar-refractivity contribution is 0.0660. The van der Waals surface area contributed by atoms with Crippen LogP contribution in [-0.4, -0.2) is 48.2 Å². The second kappa shape index (κ2) is 6.42. The van der Waals surface area contributed by atoms with Gasteiger partial charge in [0.15, 0.2) is 0 Å². The van der Waals surface area contributed by atoms with Gasteiger partial charge in [-0.2, -0.15) is 0 Å². The predicted molar refractivity (Wildman–Crippen MR) is 71.6 cm³/mol. The van der Waals surface area contributed by atoms with Crippen LogP contribution in [0.1, 0.15) is 29.2 Å². The largest absolute Gasteiger partial charge is 0.475 e. The molecule has 2 amide bonds. The molecule has 0 aromatic carbocycles. The van der Waals surface area contributed by atoms with Crippen LogP contribution in [0.5, 0.6) is 0 Å². The van der Waals surface area contributed by atoms with Crippen molar-refractivity contribution in [3.05, 3.63) is 23.7 Å². The van der Waals surface area contributed by atoms with Crippen molar-refractivity contribution in [2.45, 2.75) is 25.4 Å². The molecule has 1 aliphatic rings. The Labute approximate surface area is 116 Å². The van der Waals surface area contributed by atoms with Crippen molar-refractivity contribution < 1.29 is 19.1 Å². The van der Waals surface area contributed by atoms with E-state index >= 15 is 0 Å². The molecular weight excluding hydrogens is 262 g/mol. The monoisotopic (exact) mass is 281 g/mol. The second-order valence-corrected chi connectivity index (χ2v) is 4.82. The van der Waals surface area contributed by atoms with E-state index < -0.39 is 5.97 Å². The van der Waals surface area contributed by atoms with Crippen molar-refractivity contribution >= 4 is 12.0 Å². The number of urea groups is 1. The zero-order valence-corrected chi connectivity index (χ0v) is 11.4. The Bertz CT molecular complexity index is 480. The summed E-state index contributed by atoms with van der Waals surface area (Å²) in [6.45, 7) is 2.02. The average molecular weight is 281 g/mol. The number of amides is 2. The number of hydrogen-bond acceptors (Lipinski definition) is 4. The van der Waals surface area contributed by atoms with E-state index in [1.807, 2.05) is 0 Å². The highest BCUT2D eigenvalue weighted by Gasteiger charge is 2.21. The van der Waals surface area contributed by atoms with E-state index in [1.54, 1.807) is 18.0 Å². The number of aromatic carboxylic acids is 1. The first-order valence-corrected chi connectivity index (χ1v) is 6.61. The number of nitrogens with zero attached hydrogens (tertiary/aromatic N) is 1. The Kier molecular flexibility index (Phi) is 4.62. The van der Waals surface area contributed by atoms with Crippen molar-refractivity contribution in [3.8, 4) is 0 Å². The van der Waals surface area contributed by atoms with Crippen LogP contribution in [-0.2, 0) is 6.54 Å². The Morgan fingerprint density at radius 1 is 1.45 bits per heavy atom. The summed E-state index contributed by atoms with van der Waals surface area (Å²) < 4.78 is 5.08. The molecule has 0 radical (unpaired) electrons. The molecule has 2 rings (SSSR count). The average Bonchev–Trinajstić information content (AvgIpc) is 2.94. The summed E-state index contributed by atoms with van der Waals surface area (Å²) >= 11 is 0. The topological polar surface area (TPSA) is 94.8 Å². The molecule has 1 aliphatic heterocycles. The normalized spacial score (nSPS) is 15.8. The third-order valence-corrected chi connectivity index (χ3v) is 3.46. The molecule has 0 saturated carbocycles. The highest BCUT2D eigenvalue weighted by Crippen LogP contribution is 2.11. The molecule has 1 aromatic rings. The van der Waals surface area contributed by atoms with E-state index in [0.29, 0.717) is 5.76 Å². The van der Waals surface area contributed by atoms with Crippen molar-refractivity contribution in [2.75, 3.05) is 20.1 Å². The summed E-state index contributed by atoms with van der Waals surface area (Å²) in [4.78, 5) is 24.4. The van der Waals surface area contributed by atoms with Gasteiger partial charge < -0.3 is 25.1 Å². The first-order valence-electron chi connectivity index (χ1n) is 6.61. The molecule has 3 N–H and O–H groups in total. The van der Waals surface area contributed by atoms with Gasteiger partial charge in [0, 0.05) is 13.1 Å². The van der Waals surface area contributed by atoms with Gasteiger partial charge >= 0.3 is 12.0 Å². The van der Waals surface area contributed by atoms with Crippen molar-refractivity contribution in [3.63, 3.8) is 0 Å². The number of hydrogen-bond donors (Lipinski definition) is 3. The minimum absolute atomic E-state index is 0.124. The van der Waals surface area contributed by atoms with Crippen LogP contribution < -0.4 is 10.6 Å². The van der Waals surface area contributed by atoms with E-state index in [0.717, 1.165) is 25.9 Å². The lowest BCUT2D eigenvalue weighted by Crippen LogP contribution is -2.47. The first-order chi connectivity index (χ1) is 9.58. The van der Waals surface area contributed by atoms with Crippen LogP contribution in [0, 0.1) is 0 Å². The van der Waals surface area contributed by atoms with E-state index in [9.17, 15) is 9.59 Å². The van der Waals surface area contributed by atoms with E-state index in [-0.39, 0.29) is 24.4 Å². The number of furan rings is 1.